The van der Waals surface area contributed by atoms with Crippen LogP contribution in [-0.4, -0.2) is 5.91 Å². The Hall–Kier alpha value is -2.58. The minimum atomic E-state index is -0.405. The number of rotatable bonds is 5. The molecule has 0 saturated heterocycles. The quantitative estimate of drug-likeness (QED) is 0.620. The van der Waals surface area contributed by atoms with Crippen LogP contribution in [0.25, 0.3) is 0 Å². The van der Waals surface area contributed by atoms with E-state index in [-0.39, 0.29) is 5.57 Å². The predicted octanol–water partition coefficient (Wildman–Crippen LogP) is 3.89. The molecule has 0 radical (unpaired) electrons. The molecular formula is C18H16BrN3O. The maximum Gasteiger partial charge on any atom is 0.263 e. The van der Waals surface area contributed by atoms with Crippen molar-refractivity contribution < 1.29 is 4.79 Å². The molecule has 0 heterocycles. The molecule has 116 valence electrons. The van der Waals surface area contributed by atoms with E-state index >= 15 is 0 Å². The maximum absolute atomic E-state index is 12.0. The van der Waals surface area contributed by atoms with E-state index in [0.29, 0.717) is 6.54 Å². The van der Waals surface area contributed by atoms with Crippen LogP contribution in [-0.2, 0) is 11.3 Å². The highest BCUT2D eigenvalue weighted by Crippen LogP contribution is 2.20. The van der Waals surface area contributed by atoms with Gasteiger partial charge in [0.1, 0.15) is 11.6 Å². The summed E-state index contributed by atoms with van der Waals surface area (Å²) < 4.78 is 1.01. The number of nitrogens with zero attached hydrogens (tertiary/aromatic N) is 1. The van der Waals surface area contributed by atoms with E-state index in [0.717, 1.165) is 21.3 Å². The number of carbonyl (C=O) groups excluding carboxylic acids is 1. The standard InChI is InChI=1S/C18H16BrN3O/c1-13-9-16(7-8-17(13)19)21-12-15(10-20)18(23)22-11-14-5-3-2-4-6-14/h2-9,12,21H,11H2,1H3,(H,22,23)/b15-12-. The number of nitriles is 1. The number of amides is 1. The summed E-state index contributed by atoms with van der Waals surface area (Å²) in [4.78, 5) is 12.0. The van der Waals surface area contributed by atoms with E-state index in [4.69, 9.17) is 5.26 Å². The van der Waals surface area contributed by atoms with Crippen LogP contribution in [0.1, 0.15) is 11.1 Å². The van der Waals surface area contributed by atoms with Crippen LogP contribution in [0.15, 0.2) is 64.8 Å². The van der Waals surface area contributed by atoms with Crippen LogP contribution in [0.2, 0.25) is 0 Å². The van der Waals surface area contributed by atoms with Gasteiger partial charge in [0, 0.05) is 22.9 Å². The van der Waals surface area contributed by atoms with Crippen molar-refractivity contribution in [2.45, 2.75) is 13.5 Å². The number of benzene rings is 2. The van der Waals surface area contributed by atoms with Crippen LogP contribution in [0.5, 0.6) is 0 Å². The van der Waals surface area contributed by atoms with Gasteiger partial charge in [-0.05, 0) is 36.2 Å². The minimum absolute atomic E-state index is 0.0292. The molecule has 0 spiro atoms. The van der Waals surface area contributed by atoms with Crippen molar-refractivity contribution in [3.63, 3.8) is 0 Å². The molecule has 0 aliphatic carbocycles. The second-order valence-corrected chi connectivity index (χ2v) is 5.80. The lowest BCUT2D eigenvalue weighted by Crippen LogP contribution is -2.24. The lowest BCUT2D eigenvalue weighted by molar-refractivity contribution is -0.117. The lowest BCUT2D eigenvalue weighted by atomic mass is 10.2. The van der Waals surface area contributed by atoms with E-state index in [2.05, 4.69) is 26.6 Å². The molecule has 0 fully saturated rings. The Labute approximate surface area is 144 Å². The molecule has 4 nitrogen and oxygen atoms in total. The lowest BCUT2D eigenvalue weighted by Gasteiger charge is -2.06. The van der Waals surface area contributed by atoms with Gasteiger partial charge in [-0.3, -0.25) is 4.79 Å². The first kappa shape index (κ1) is 16.8. The number of halogens is 1. The van der Waals surface area contributed by atoms with Gasteiger partial charge in [-0.2, -0.15) is 5.26 Å². The first-order valence-electron chi connectivity index (χ1n) is 7.05. The van der Waals surface area contributed by atoms with Crippen LogP contribution in [0, 0.1) is 18.3 Å². The summed E-state index contributed by atoms with van der Waals surface area (Å²) in [5, 5.41) is 14.8. The molecule has 0 aliphatic heterocycles. The van der Waals surface area contributed by atoms with Crippen LogP contribution >= 0.6 is 15.9 Å². The maximum atomic E-state index is 12.0. The van der Waals surface area contributed by atoms with Gasteiger partial charge in [0.05, 0.1) is 0 Å². The Morgan fingerprint density at radius 2 is 2.00 bits per heavy atom. The summed E-state index contributed by atoms with van der Waals surface area (Å²) in [5.41, 5.74) is 2.89. The van der Waals surface area contributed by atoms with Gasteiger partial charge in [-0.25, -0.2) is 0 Å². The van der Waals surface area contributed by atoms with Crippen molar-refractivity contribution in [1.29, 1.82) is 5.26 Å². The first-order valence-corrected chi connectivity index (χ1v) is 7.84. The van der Waals surface area contributed by atoms with E-state index in [1.807, 2.05) is 61.5 Å². The van der Waals surface area contributed by atoms with Gasteiger partial charge < -0.3 is 10.6 Å². The molecule has 0 atom stereocenters. The molecule has 0 bridgehead atoms. The topological polar surface area (TPSA) is 64.9 Å². The third-order valence-electron chi connectivity index (χ3n) is 3.20. The number of hydrogen-bond acceptors (Lipinski definition) is 3. The monoisotopic (exact) mass is 369 g/mol. The highest BCUT2D eigenvalue weighted by atomic mass is 79.9. The molecule has 1 amide bonds. The van der Waals surface area contributed by atoms with Gasteiger partial charge in [0.15, 0.2) is 0 Å². The Morgan fingerprint density at radius 3 is 2.65 bits per heavy atom. The largest absolute Gasteiger partial charge is 0.360 e. The Morgan fingerprint density at radius 1 is 1.26 bits per heavy atom. The van der Waals surface area contributed by atoms with Crippen molar-refractivity contribution in [3.05, 3.63) is 75.9 Å². The molecule has 5 heteroatoms. The summed E-state index contributed by atoms with van der Waals surface area (Å²) in [5.74, 6) is -0.405. The average Bonchev–Trinajstić information content (AvgIpc) is 2.57. The highest BCUT2D eigenvalue weighted by molar-refractivity contribution is 9.10. The number of hydrogen-bond donors (Lipinski definition) is 2. The number of carbonyl (C=O) groups is 1. The van der Waals surface area contributed by atoms with E-state index < -0.39 is 5.91 Å². The molecule has 2 aromatic rings. The van der Waals surface area contributed by atoms with Gasteiger partial charge in [-0.15, -0.1) is 0 Å². The van der Waals surface area contributed by atoms with Crippen molar-refractivity contribution >= 4 is 27.5 Å². The average molecular weight is 370 g/mol. The van der Waals surface area contributed by atoms with Crippen molar-refractivity contribution in [2.24, 2.45) is 0 Å². The first-order chi connectivity index (χ1) is 11.1. The molecule has 23 heavy (non-hydrogen) atoms. The van der Waals surface area contributed by atoms with Crippen molar-refractivity contribution in [1.82, 2.24) is 5.32 Å². The molecule has 2 N–H and O–H groups in total. The fraction of sp³-hybridized carbons (Fsp3) is 0.111. The Balaban J connectivity index is 1.99. The molecule has 2 rings (SSSR count). The Bertz CT molecular complexity index is 764. The predicted molar refractivity (Wildman–Crippen MR) is 94.5 cm³/mol. The Kier molecular flexibility index (Phi) is 5.95. The van der Waals surface area contributed by atoms with Crippen LogP contribution in [0.4, 0.5) is 5.69 Å². The molecule has 0 aromatic heterocycles. The summed E-state index contributed by atoms with van der Waals surface area (Å²) >= 11 is 3.43. The van der Waals surface area contributed by atoms with Crippen LogP contribution in [0.3, 0.4) is 0 Å². The van der Waals surface area contributed by atoms with Crippen molar-refractivity contribution in [3.8, 4) is 6.07 Å². The summed E-state index contributed by atoms with van der Waals surface area (Å²) in [6.07, 6.45) is 1.42. The van der Waals surface area contributed by atoms with E-state index in [1.165, 1.54) is 6.20 Å². The van der Waals surface area contributed by atoms with E-state index in [1.54, 1.807) is 0 Å². The summed E-state index contributed by atoms with van der Waals surface area (Å²) in [6, 6.07) is 17.2. The fourth-order valence-corrected chi connectivity index (χ4v) is 2.16. The normalized spacial score (nSPS) is 10.7. The zero-order valence-electron chi connectivity index (χ0n) is 12.6. The SMILES string of the molecule is Cc1cc(N/C=C(/C#N)C(=O)NCc2ccccc2)ccc1Br. The fourth-order valence-electron chi connectivity index (χ4n) is 1.91. The molecule has 0 saturated carbocycles. The number of nitrogens with one attached hydrogen (secondary N) is 2. The second-order valence-electron chi connectivity index (χ2n) is 4.95. The van der Waals surface area contributed by atoms with Gasteiger partial charge in [0.2, 0.25) is 0 Å². The second kappa shape index (κ2) is 8.16. The van der Waals surface area contributed by atoms with Gasteiger partial charge in [0.25, 0.3) is 5.91 Å². The number of aryl methyl sites for hydroxylation is 1. The molecular weight excluding hydrogens is 354 g/mol. The van der Waals surface area contributed by atoms with Gasteiger partial charge >= 0.3 is 0 Å². The van der Waals surface area contributed by atoms with Crippen LogP contribution < -0.4 is 10.6 Å². The molecule has 2 aromatic carbocycles. The van der Waals surface area contributed by atoms with E-state index in [9.17, 15) is 4.79 Å². The third-order valence-corrected chi connectivity index (χ3v) is 4.09. The minimum Gasteiger partial charge on any atom is -0.360 e. The molecule has 0 unspecified atom stereocenters. The highest BCUT2D eigenvalue weighted by Gasteiger charge is 2.08. The number of anilines is 1. The summed E-state index contributed by atoms with van der Waals surface area (Å²) in [7, 11) is 0. The molecule has 0 aliphatic rings. The smallest absolute Gasteiger partial charge is 0.263 e. The van der Waals surface area contributed by atoms with Gasteiger partial charge in [-0.1, -0.05) is 46.3 Å². The zero-order valence-corrected chi connectivity index (χ0v) is 14.2. The van der Waals surface area contributed by atoms with Crippen molar-refractivity contribution in [2.75, 3.05) is 5.32 Å². The summed E-state index contributed by atoms with van der Waals surface area (Å²) in [6.45, 7) is 2.35. The zero-order chi connectivity index (χ0) is 16.7. The third kappa shape index (κ3) is 4.97.